The first-order valence-electron chi connectivity index (χ1n) is 8.13. The first-order chi connectivity index (χ1) is 10.0. The molecule has 0 fully saturated rings. The molecule has 0 aromatic rings. The minimum Gasteiger partial charge on any atom is -0.325 e. The SMILES string of the molecule is CCCCCCCCOS(=O)(=O)OC(=O)CCCCCC. The molecule has 0 radical (unpaired) electrons. The Labute approximate surface area is 129 Å². The third-order valence-electron chi connectivity index (χ3n) is 3.16. The monoisotopic (exact) mass is 322 g/mol. The van der Waals surface area contributed by atoms with Gasteiger partial charge in [-0.25, -0.2) is 4.18 Å². The van der Waals surface area contributed by atoms with Gasteiger partial charge in [-0.1, -0.05) is 65.2 Å². The van der Waals surface area contributed by atoms with Crippen molar-refractivity contribution in [2.75, 3.05) is 6.61 Å². The molecule has 0 aromatic carbocycles. The van der Waals surface area contributed by atoms with Gasteiger partial charge in [0.25, 0.3) is 0 Å². The van der Waals surface area contributed by atoms with Crippen molar-refractivity contribution in [3.8, 4) is 0 Å². The molecule has 21 heavy (non-hydrogen) atoms. The first kappa shape index (κ1) is 20.4. The Hall–Kier alpha value is -0.620. The van der Waals surface area contributed by atoms with Crippen LogP contribution in [0.5, 0.6) is 0 Å². The van der Waals surface area contributed by atoms with E-state index in [4.69, 9.17) is 0 Å². The number of unbranched alkanes of at least 4 members (excludes halogenated alkanes) is 8. The summed E-state index contributed by atoms with van der Waals surface area (Å²) in [5, 5.41) is 0. The van der Waals surface area contributed by atoms with Crippen molar-refractivity contribution in [1.82, 2.24) is 0 Å². The maximum atomic E-state index is 11.4. The van der Waals surface area contributed by atoms with Gasteiger partial charge in [0.05, 0.1) is 6.61 Å². The Balaban J connectivity index is 3.65. The Morgan fingerprint density at radius 3 is 1.95 bits per heavy atom. The van der Waals surface area contributed by atoms with Crippen LogP contribution in [0.1, 0.15) is 84.5 Å². The molecule has 0 atom stereocenters. The molecule has 0 unspecified atom stereocenters. The van der Waals surface area contributed by atoms with Crippen LogP contribution in [0.15, 0.2) is 0 Å². The lowest BCUT2D eigenvalue weighted by atomic mass is 10.1. The fourth-order valence-electron chi connectivity index (χ4n) is 1.92. The quantitative estimate of drug-likeness (QED) is 0.450. The highest BCUT2D eigenvalue weighted by Crippen LogP contribution is 2.08. The Kier molecular flexibility index (Phi) is 12.7. The second-order valence-corrected chi connectivity index (χ2v) is 6.48. The van der Waals surface area contributed by atoms with Crippen molar-refractivity contribution >= 4 is 16.4 Å². The zero-order valence-corrected chi connectivity index (χ0v) is 14.3. The summed E-state index contributed by atoms with van der Waals surface area (Å²) in [6, 6.07) is 0. The number of hydrogen-bond donors (Lipinski definition) is 0. The molecule has 0 bridgehead atoms. The maximum absolute atomic E-state index is 11.4. The molecule has 0 aromatic heterocycles. The zero-order valence-electron chi connectivity index (χ0n) is 13.4. The van der Waals surface area contributed by atoms with Crippen molar-refractivity contribution in [3.05, 3.63) is 0 Å². The highest BCUT2D eigenvalue weighted by atomic mass is 32.3. The van der Waals surface area contributed by atoms with Crippen LogP contribution in [0.25, 0.3) is 0 Å². The topological polar surface area (TPSA) is 69.7 Å². The molecule has 0 rings (SSSR count). The highest BCUT2D eigenvalue weighted by Gasteiger charge is 2.17. The average molecular weight is 322 g/mol. The highest BCUT2D eigenvalue weighted by molar-refractivity contribution is 7.82. The van der Waals surface area contributed by atoms with E-state index in [1.165, 1.54) is 12.8 Å². The van der Waals surface area contributed by atoms with Crippen LogP contribution < -0.4 is 0 Å². The van der Waals surface area contributed by atoms with Gasteiger partial charge in [-0.2, -0.15) is 8.42 Å². The number of carbonyl (C=O) groups excluding carboxylic acids is 1. The van der Waals surface area contributed by atoms with Crippen LogP contribution in [-0.4, -0.2) is 21.0 Å². The van der Waals surface area contributed by atoms with E-state index in [0.29, 0.717) is 12.8 Å². The summed E-state index contributed by atoms with van der Waals surface area (Å²) < 4.78 is 31.8. The van der Waals surface area contributed by atoms with Gasteiger partial charge in [-0.15, -0.1) is 0 Å². The fraction of sp³-hybridized carbons (Fsp3) is 0.933. The summed E-state index contributed by atoms with van der Waals surface area (Å²) in [6.07, 6.45) is 10.0. The van der Waals surface area contributed by atoms with Gasteiger partial charge in [0.15, 0.2) is 0 Å². The summed E-state index contributed by atoms with van der Waals surface area (Å²) in [4.78, 5) is 11.3. The smallest absolute Gasteiger partial charge is 0.325 e. The van der Waals surface area contributed by atoms with Gasteiger partial charge in [-0.05, 0) is 12.8 Å². The summed E-state index contributed by atoms with van der Waals surface area (Å²) in [7, 11) is -4.17. The molecule has 0 aliphatic rings. The number of carbonyl (C=O) groups is 1. The Morgan fingerprint density at radius 2 is 1.33 bits per heavy atom. The summed E-state index contributed by atoms with van der Waals surface area (Å²) in [5.74, 6) is -0.728. The van der Waals surface area contributed by atoms with Gasteiger partial charge < -0.3 is 4.18 Å². The Bertz CT molecular complexity index is 351. The summed E-state index contributed by atoms with van der Waals surface area (Å²) in [5.41, 5.74) is 0. The molecule has 0 spiro atoms. The van der Waals surface area contributed by atoms with Crippen LogP contribution in [-0.2, 0) is 23.6 Å². The van der Waals surface area contributed by atoms with E-state index in [9.17, 15) is 13.2 Å². The van der Waals surface area contributed by atoms with E-state index in [2.05, 4.69) is 22.2 Å². The lowest BCUT2D eigenvalue weighted by Gasteiger charge is -2.06. The van der Waals surface area contributed by atoms with Gasteiger partial charge in [0.1, 0.15) is 0 Å². The van der Waals surface area contributed by atoms with E-state index < -0.39 is 16.4 Å². The van der Waals surface area contributed by atoms with E-state index in [1.54, 1.807) is 0 Å². The molecular formula is C15H30O5S. The van der Waals surface area contributed by atoms with Crippen LogP contribution in [0.3, 0.4) is 0 Å². The van der Waals surface area contributed by atoms with Gasteiger partial charge in [0, 0.05) is 6.42 Å². The third-order valence-corrected chi connectivity index (χ3v) is 4.00. The van der Waals surface area contributed by atoms with Crippen molar-refractivity contribution in [1.29, 1.82) is 0 Å². The summed E-state index contributed by atoms with van der Waals surface area (Å²) >= 11 is 0. The molecule has 0 N–H and O–H groups in total. The maximum Gasteiger partial charge on any atom is 0.451 e. The molecular weight excluding hydrogens is 292 g/mol. The van der Waals surface area contributed by atoms with Gasteiger partial charge >= 0.3 is 16.4 Å². The van der Waals surface area contributed by atoms with E-state index in [1.807, 2.05) is 0 Å². The molecule has 0 saturated heterocycles. The minimum atomic E-state index is -4.17. The molecule has 0 heterocycles. The Morgan fingerprint density at radius 1 is 0.810 bits per heavy atom. The second kappa shape index (κ2) is 13.1. The van der Waals surface area contributed by atoms with Crippen molar-refractivity contribution in [2.24, 2.45) is 0 Å². The average Bonchev–Trinajstić information content (AvgIpc) is 2.42. The van der Waals surface area contributed by atoms with Crippen LogP contribution in [0.4, 0.5) is 0 Å². The first-order valence-corrected chi connectivity index (χ1v) is 9.46. The van der Waals surface area contributed by atoms with Crippen LogP contribution in [0, 0.1) is 0 Å². The lowest BCUT2D eigenvalue weighted by molar-refractivity contribution is -0.134. The van der Waals surface area contributed by atoms with Crippen molar-refractivity contribution in [3.63, 3.8) is 0 Å². The molecule has 0 amide bonds. The largest absolute Gasteiger partial charge is 0.451 e. The van der Waals surface area contributed by atoms with E-state index in [-0.39, 0.29) is 13.0 Å². The fourth-order valence-corrected chi connectivity index (χ4v) is 2.60. The number of hydrogen-bond acceptors (Lipinski definition) is 5. The van der Waals surface area contributed by atoms with Crippen LogP contribution >= 0.6 is 0 Å². The molecule has 0 aliphatic heterocycles. The van der Waals surface area contributed by atoms with Crippen molar-refractivity contribution < 1.29 is 21.6 Å². The third kappa shape index (κ3) is 14.1. The molecule has 126 valence electrons. The summed E-state index contributed by atoms with van der Waals surface area (Å²) in [6.45, 7) is 4.29. The molecule has 0 saturated carbocycles. The standard InChI is InChI=1S/C15H30O5S/c1-3-5-7-9-10-12-14-19-21(17,18)20-15(16)13-11-8-6-4-2/h3-14H2,1-2H3. The van der Waals surface area contributed by atoms with E-state index in [0.717, 1.165) is 38.5 Å². The second-order valence-electron chi connectivity index (χ2n) is 5.26. The minimum absolute atomic E-state index is 0.0809. The van der Waals surface area contributed by atoms with Gasteiger partial charge in [0.2, 0.25) is 0 Å². The van der Waals surface area contributed by atoms with Crippen LogP contribution in [0.2, 0.25) is 0 Å². The van der Waals surface area contributed by atoms with Gasteiger partial charge in [-0.3, -0.25) is 4.79 Å². The lowest BCUT2D eigenvalue weighted by Crippen LogP contribution is -2.16. The molecule has 5 nitrogen and oxygen atoms in total. The predicted octanol–water partition coefficient (Wildman–Crippen LogP) is 4.12. The van der Waals surface area contributed by atoms with E-state index >= 15 is 0 Å². The molecule has 0 aliphatic carbocycles. The zero-order chi connectivity index (χ0) is 16.0. The molecule has 6 heteroatoms. The van der Waals surface area contributed by atoms with Crippen molar-refractivity contribution in [2.45, 2.75) is 84.5 Å². The normalized spacial score (nSPS) is 11.5. The predicted molar refractivity (Wildman–Crippen MR) is 83.1 cm³/mol. The number of rotatable bonds is 14.